The number of nitrogens with zero attached hydrogens (tertiary/aromatic N) is 2. The van der Waals surface area contributed by atoms with E-state index in [1.54, 1.807) is 0 Å². The maximum Gasteiger partial charge on any atom is 0.136 e. The molecule has 1 aromatic rings. The van der Waals surface area contributed by atoms with Crippen molar-refractivity contribution in [1.82, 2.24) is 9.97 Å². The minimum Gasteiger partial charge on any atom is -0.238 e. The van der Waals surface area contributed by atoms with Crippen molar-refractivity contribution in [3.05, 3.63) is 22.2 Å². The van der Waals surface area contributed by atoms with E-state index in [9.17, 15) is 0 Å². The number of hydrogen-bond donors (Lipinski definition) is 0. The van der Waals surface area contributed by atoms with E-state index >= 15 is 0 Å². The van der Waals surface area contributed by atoms with Gasteiger partial charge >= 0.3 is 0 Å². The summed E-state index contributed by atoms with van der Waals surface area (Å²) in [5, 5.41) is 0.645. The third-order valence-electron chi connectivity index (χ3n) is 3.13. The molecule has 0 aliphatic heterocycles. The fourth-order valence-corrected chi connectivity index (χ4v) is 2.51. The Morgan fingerprint density at radius 3 is 2.33 bits per heavy atom. The zero-order valence-corrected chi connectivity index (χ0v) is 10.5. The molecule has 0 spiro atoms. The van der Waals surface area contributed by atoms with Crippen LogP contribution in [0.5, 0.6) is 0 Å². The first-order valence-corrected chi connectivity index (χ1v) is 5.92. The van der Waals surface area contributed by atoms with Crippen molar-refractivity contribution in [2.45, 2.75) is 46.0 Å². The Kier molecular flexibility index (Phi) is 2.72. The van der Waals surface area contributed by atoms with Crippen LogP contribution in [-0.4, -0.2) is 9.97 Å². The topological polar surface area (TPSA) is 25.8 Å². The summed E-state index contributed by atoms with van der Waals surface area (Å²) in [6, 6.07) is 0. The largest absolute Gasteiger partial charge is 0.238 e. The first kappa shape index (κ1) is 10.9. The highest BCUT2D eigenvalue weighted by atomic mass is 35.5. The van der Waals surface area contributed by atoms with Gasteiger partial charge in [0, 0.05) is 17.2 Å². The highest BCUT2D eigenvalue weighted by molar-refractivity contribution is 6.30. The second-order valence-corrected chi connectivity index (χ2v) is 5.20. The lowest BCUT2D eigenvalue weighted by Gasteiger charge is -2.11. The zero-order valence-electron chi connectivity index (χ0n) is 9.71. The summed E-state index contributed by atoms with van der Waals surface area (Å²) in [6.45, 7) is 8.50. The molecular formula is C12H17ClN2. The number of aryl methyl sites for hydroxylation is 1. The van der Waals surface area contributed by atoms with E-state index in [1.165, 1.54) is 6.42 Å². The first-order chi connectivity index (χ1) is 7.00. The Hall–Kier alpha value is -0.630. The number of rotatable bonds is 2. The third-order valence-corrected chi connectivity index (χ3v) is 3.41. The first-order valence-electron chi connectivity index (χ1n) is 5.54. The summed E-state index contributed by atoms with van der Waals surface area (Å²) in [5.41, 5.74) is 2.13. The molecule has 3 heteroatoms. The Bertz CT molecular complexity index is 364. The molecule has 82 valence electrons. The highest BCUT2D eigenvalue weighted by Crippen LogP contribution is 2.46. The molecule has 15 heavy (non-hydrogen) atoms. The summed E-state index contributed by atoms with van der Waals surface area (Å²) < 4.78 is 0. The summed E-state index contributed by atoms with van der Waals surface area (Å²) in [5.74, 6) is 2.60. The van der Waals surface area contributed by atoms with Crippen LogP contribution in [0, 0.1) is 12.8 Å². The van der Waals surface area contributed by atoms with Gasteiger partial charge < -0.3 is 0 Å². The summed E-state index contributed by atoms with van der Waals surface area (Å²) in [6.07, 6.45) is 1.21. The van der Waals surface area contributed by atoms with Gasteiger partial charge in [-0.2, -0.15) is 0 Å². The summed E-state index contributed by atoms with van der Waals surface area (Å²) in [7, 11) is 0. The maximum atomic E-state index is 6.20. The summed E-state index contributed by atoms with van der Waals surface area (Å²) in [4.78, 5) is 8.99. The van der Waals surface area contributed by atoms with Crippen molar-refractivity contribution in [3.8, 4) is 0 Å². The number of hydrogen-bond acceptors (Lipinski definition) is 2. The Labute approximate surface area is 96.1 Å². The molecule has 0 radical (unpaired) electrons. The smallest absolute Gasteiger partial charge is 0.136 e. The minimum absolute atomic E-state index is 0.392. The molecule has 1 aliphatic carbocycles. The molecule has 2 unspecified atom stereocenters. The predicted octanol–water partition coefficient (Wildman–Crippen LogP) is 3.69. The van der Waals surface area contributed by atoms with Crippen LogP contribution in [0.4, 0.5) is 0 Å². The fourth-order valence-electron chi connectivity index (χ4n) is 2.07. The third kappa shape index (κ3) is 2.00. The van der Waals surface area contributed by atoms with Crippen LogP contribution in [0.2, 0.25) is 5.15 Å². The van der Waals surface area contributed by atoms with Crippen LogP contribution >= 0.6 is 11.6 Å². The van der Waals surface area contributed by atoms with Crippen molar-refractivity contribution in [3.63, 3.8) is 0 Å². The minimum atomic E-state index is 0.392. The Balaban J connectivity index is 2.39. The van der Waals surface area contributed by atoms with Gasteiger partial charge in [0.1, 0.15) is 11.0 Å². The van der Waals surface area contributed by atoms with Crippen molar-refractivity contribution in [2.24, 2.45) is 5.92 Å². The second kappa shape index (κ2) is 3.75. The molecule has 2 rings (SSSR count). The van der Waals surface area contributed by atoms with Gasteiger partial charge in [0.25, 0.3) is 0 Å². The Morgan fingerprint density at radius 1 is 1.33 bits per heavy atom. The van der Waals surface area contributed by atoms with Gasteiger partial charge in [-0.25, -0.2) is 9.97 Å². The van der Waals surface area contributed by atoms with Gasteiger partial charge in [-0.05, 0) is 25.2 Å². The van der Waals surface area contributed by atoms with Gasteiger partial charge in [0.2, 0.25) is 0 Å². The fraction of sp³-hybridized carbons (Fsp3) is 0.667. The Morgan fingerprint density at radius 2 is 1.93 bits per heavy atom. The second-order valence-electron chi connectivity index (χ2n) is 4.85. The molecule has 2 nitrogen and oxygen atoms in total. The number of aromatic nitrogens is 2. The molecule has 2 atom stereocenters. The van der Waals surface area contributed by atoms with Crippen molar-refractivity contribution in [1.29, 1.82) is 0 Å². The van der Waals surface area contributed by atoms with Gasteiger partial charge in [0.15, 0.2) is 0 Å². The molecule has 1 fully saturated rings. The van der Waals surface area contributed by atoms with E-state index in [4.69, 9.17) is 11.6 Å². The average molecular weight is 225 g/mol. The van der Waals surface area contributed by atoms with Crippen molar-refractivity contribution < 1.29 is 0 Å². The molecule has 1 aliphatic rings. The van der Waals surface area contributed by atoms with E-state index in [-0.39, 0.29) is 0 Å². The molecule has 1 saturated carbocycles. The summed E-state index contributed by atoms with van der Waals surface area (Å²) >= 11 is 6.20. The molecule has 1 heterocycles. The van der Waals surface area contributed by atoms with E-state index in [0.717, 1.165) is 23.0 Å². The van der Waals surface area contributed by atoms with Crippen molar-refractivity contribution in [2.75, 3.05) is 0 Å². The molecule has 0 bridgehead atoms. The van der Waals surface area contributed by atoms with E-state index in [0.29, 0.717) is 17.0 Å². The molecule has 0 amide bonds. The van der Waals surface area contributed by atoms with E-state index in [1.807, 2.05) is 6.92 Å². The molecular weight excluding hydrogens is 208 g/mol. The quantitative estimate of drug-likeness (QED) is 0.717. The van der Waals surface area contributed by atoms with Gasteiger partial charge in [0.05, 0.1) is 0 Å². The molecule has 1 aromatic heterocycles. The van der Waals surface area contributed by atoms with Crippen LogP contribution in [0.3, 0.4) is 0 Å². The number of halogens is 1. The van der Waals surface area contributed by atoms with Gasteiger partial charge in [-0.3, -0.25) is 0 Å². The molecule has 0 saturated heterocycles. The lowest BCUT2D eigenvalue weighted by Crippen LogP contribution is -2.04. The van der Waals surface area contributed by atoms with Gasteiger partial charge in [-0.15, -0.1) is 0 Å². The van der Waals surface area contributed by atoms with Crippen LogP contribution < -0.4 is 0 Å². The lowest BCUT2D eigenvalue weighted by molar-refractivity contribution is 0.784. The van der Waals surface area contributed by atoms with Crippen LogP contribution in [-0.2, 0) is 0 Å². The van der Waals surface area contributed by atoms with Crippen LogP contribution in [0.25, 0.3) is 0 Å². The van der Waals surface area contributed by atoms with E-state index < -0.39 is 0 Å². The maximum absolute atomic E-state index is 6.20. The normalized spacial score (nSPS) is 24.7. The zero-order chi connectivity index (χ0) is 11.2. The monoisotopic (exact) mass is 224 g/mol. The lowest BCUT2D eigenvalue weighted by atomic mass is 10.0. The molecule has 0 aromatic carbocycles. The van der Waals surface area contributed by atoms with Gasteiger partial charge in [-0.1, -0.05) is 32.4 Å². The molecule has 0 N–H and O–H groups in total. The van der Waals surface area contributed by atoms with E-state index in [2.05, 4.69) is 30.7 Å². The average Bonchev–Trinajstić information content (AvgIpc) is 2.80. The SMILES string of the molecule is Cc1nc(C2CC2C)nc(Cl)c1C(C)C. The standard InChI is InChI=1S/C12H17ClN2/c1-6(2)10-8(4)14-12(15-11(10)13)9-5-7(9)3/h6-7,9H,5H2,1-4H3. The van der Waals surface area contributed by atoms with Crippen LogP contribution in [0.1, 0.15) is 56.1 Å². The predicted molar refractivity (Wildman–Crippen MR) is 62.4 cm³/mol. The highest BCUT2D eigenvalue weighted by Gasteiger charge is 2.37. The van der Waals surface area contributed by atoms with Crippen LogP contribution in [0.15, 0.2) is 0 Å². The van der Waals surface area contributed by atoms with Crippen molar-refractivity contribution >= 4 is 11.6 Å².